The lowest BCUT2D eigenvalue weighted by molar-refractivity contribution is 0.343. The minimum Gasteiger partial charge on any atom is -0.316 e. The van der Waals surface area contributed by atoms with E-state index in [4.69, 9.17) is 0 Å². The van der Waals surface area contributed by atoms with Gasteiger partial charge < -0.3 is 10.6 Å². The van der Waals surface area contributed by atoms with Crippen LogP contribution < -0.4 is 10.6 Å². The fraction of sp³-hybridized carbons (Fsp3) is 1.00. The lowest BCUT2D eigenvalue weighted by Crippen LogP contribution is -2.34. The van der Waals surface area contributed by atoms with Crippen molar-refractivity contribution in [2.75, 3.05) is 13.1 Å². The molecule has 0 aromatic heterocycles. The topological polar surface area (TPSA) is 24.1 Å². The molecule has 2 aliphatic heterocycles. The van der Waals surface area contributed by atoms with Crippen molar-refractivity contribution in [2.24, 2.45) is 17.8 Å². The predicted octanol–water partition coefficient (Wildman–Crippen LogP) is 2.01. The zero-order chi connectivity index (χ0) is 10.8. The number of fused-ring (bicyclic) bond motifs is 2. The monoisotopic (exact) mass is 210 g/mol. The van der Waals surface area contributed by atoms with Crippen molar-refractivity contribution in [3.63, 3.8) is 0 Å². The highest BCUT2D eigenvalue weighted by atomic mass is 15.0. The molecule has 0 amide bonds. The van der Waals surface area contributed by atoms with E-state index >= 15 is 0 Å². The summed E-state index contributed by atoms with van der Waals surface area (Å²) in [4.78, 5) is 0. The second-order valence-corrected chi connectivity index (χ2v) is 5.92. The van der Waals surface area contributed by atoms with Gasteiger partial charge in [0.05, 0.1) is 0 Å². The molecule has 4 atom stereocenters. The number of hydrogen-bond donors (Lipinski definition) is 2. The highest BCUT2D eigenvalue weighted by Crippen LogP contribution is 2.32. The van der Waals surface area contributed by atoms with Crippen LogP contribution in [0.15, 0.2) is 0 Å². The number of hydrogen-bond acceptors (Lipinski definition) is 2. The van der Waals surface area contributed by atoms with E-state index in [-0.39, 0.29) is 0 Å². The minimum absolute atomic E-state index is 0.802. The molecule has 4 unspecified atom stereocenters. The largest absolute Gasteiger partial charge is 0.316 e. The van der Waals surface area contributed by atoms with Gasteiger partial charge in [0, 0.05) is 12.1 Å². The van der Waals surface area contributed by atoms with Gasteiger partial charge in [0.2, 0.25) is 0 Å². The van der Waals surface area contributed by atoms with E-state index in [1.54, 1.807) is 0 Å². The van der Waals surface area contributed by atoms with E-state index in [2.05, 4.69) is 31.4 Å². The van der Waals surface area contributed by atoms with Gasteiger partial charge in [0.25, 0.3) is 0 Å². The molecule has 2 N–H and O–H groups in total. The lowest BCUT2D eigenvalue weighted by Gasteiger charge is -2.22. The number of rotatable bonds is 5. The summed E-state index contributed by atoms with van der Waals surface area (Å²) in [5, 5.41) is 7.35. The van der Waals surface area contributed by atoms with Gasteiger partial charge in [-0.25, -0.2) is 0 Å². The molecule has 0 radical (unpaired) electrons. The predicted molar refractivity (Wildman–Crippen MR) is 64.9 cm³/mol. The van der Waals surface area contributed by atoms with Crippen molar-refractivity contribution in [3.8, 4) is 0 Å². The fourth-order valence-electron chi connectivity index (χ4n) is 2.90. The summed E-state index contributed by atoms with van der Waals surface area (Å²) in [5.74, 6) is 2.51. The van der Waals surface area contributed by atoms with Crippen LogP contribution in [-0.2, 0) is 0 Å². The first-order valence-electron chi connectivity index (χ1n) is 6.63. The molecule has 2 heterocycles. The van der Waals surface area contributed by atoms with Crippen LogP contribution in [-0.4, -0.2) is 25.2 Å². The second-order valence-electron chi connectivity index (χ2n) is 5.92. The first-order chi connectivity index (χ1) is 7.16. The van der Waals surface area contributed by atoms with Crippen molar-refractivity contribution >= 4 is 0 Å². The van der Waals surface area contributed by atoms with Crippen LogP contribution in [0.5, 0.6) is 0 Å². The molecule has 0 aliphatic carbocycles. The van der Waals surface area contributed by atoms with Crippen LogP contribution in [0.25, 0.3) is 0 Å². The molecule has 2 bridgehead atoms. The van der Waals surface area contributed by atoms with E-state index in [0.717, 1.165) is 29.8 Å². The van der Waals surface area contributed by atoms with Crippen LogP contribution in [0.4, 0.5) is 0 Å². The van der Waals surface area contributed by atoms with Gasteiger partial charge in [-0.05, 0) is 50.1 Å². The molecule has 0 saturated carbocycles. The fourth-order valence-corrected chi connectivity index (χ4v) is 2.90. The zero-order valence-electron chi connectivity index (χ0n) is 10.4. The van der Waals surface area contributed by atoms with Crippen molar-refractivity contribution in [1.29, 1.82) is 0 Å². The Hall–Kier alpha value is -0.0800. The summed E-state index contributed by atoms with van der Waals surface area (Å²) in [7, 11) is 0. The van der Waals surface area contributed by atoms with E-state index < -0.39 is 0 Å². The Morgan fingerprint density at radius 3 is 2.60 bits per heavy atom. The second kappa shape index (κ2) is 4.84. The number of nitrogens with one attached hydrogen (secondary N) is 2. The quantitative estimate of drug-likeness (QED) is 0.725. The van der Waals surface area contributed by atoms with E-state index in [0.29, 0.717) is 0 Å². The molecule has 2 nitrogen and oxygen atoms in total. The first-order valence-corrected chi connectivity index (χ1v) is 6.63. The van der Waals surface area contributed by atoms with Crippen LogP contribution in [0.1, 0.15) is 40.0 Å². The summed E-state index contributed by atoms with van der Waals surface area (Å²) in [6.07, 6.45) is 4.24. The van der Waals surface area contributed by atoms with E-state index in [1.165, 1.54) is 32.4 Å². The molecule has 2 heteroatoms. The minimum atomic E-state index is 0.802. The van der Waals surface area contributed by atoms with Crippen molar-refractivity contribution < 1.29 is 0 Å². The Balaban J connectivity index is 1.62. The third kappa shape index (κ3) is 2.73. The van der Waals surface area contributed by atoms with Gasteiger partial charge in [-0.15, -0.1) is 0 Å². The average Bonchev–Trinajstić information content (AvgIpc) is 2.78. The van der Waals surface area contributed by atoms with E-state index in [1.807, 2.05) is 0 Å². The Morgan fingerprint density at radius 1 is 1.27 bits per heavy atom. The van der Waals surface area contributed by atoms with Crippen molar-refractivity contribution in [3.05, 3.63) is 0 Å². The summed E-state index contributed by atoms with van der Waals surface area (Å²) in [6.45, 7) is 9.38. The van der Waals surface area contributed by atoms with Crippen molar-refractivity contribution in [1.82, 2.24) is 10.6 Å². The molecule has 2 saturated heterocycles. The molecule has 2 aliphatic rings. The SMILES string of the molecule is CC(C)C(C)CNCC1CC2CCC1N2. The van der Waals surface area contributed by atoms with Gasteiger partial charge in [0.15, 0.2) is 0 Å². The summed E-state index contributed by atoms with van der Waals surface area (Å²) in [6, 6.07) is 1.68. The Morgan fingerprint density at radius 2 is 2.07 bits per heavy atom. The summed E-state index contributed by atoms with van der Waals surface area (Å²) < 4.78 is 0. The highest BCUT2D eigenvalue weighted by molar-refractivity contribution is 4.97. The molecule has 2 rings (SSSR count). The molecular formula is C13H26N2. The lowest BCUT2D eigenvalue weighted by atomic mass is 9.89. The third-order valence-corrected chi connectivity index (χ3v) is 4.44. The molecule has 15 heavy (non-hydrogen) atoms. The molecule has 0 spiro atoms. The molecule has 0 aromatic rings. The maximum absolute atomic E-state index is 3.70. The third-order valence-electron chi connectivity index (χ3n) is 4.44. The maximum atomic E-state index is 3.70. The summed E-state index contributed by atoms with van der Waals surface area (Å²) >= 11 is 0. The highest BCUT2D eigenvalue weighted by Gasteiger charge is 2.38. The summed E-state index contributed by atoms with van der Waals surface area (Å²) in [5.41, 5.74) is 0. The van der Waals surface area contributed by atoms with E-state index in [9.17, 15) is 0 Å². The van der Waals surface area contributed by atoms with Crippen LogP contribution in [0, 0.1) is 17.8 Å². The Bertz CT molecular complexity index is 203. The zero-order valence-corrected chi connectivity index (χ0v) is 10.4. The van der Waals surface area contributed by atoms with Gasteiger partial charge >= 0.3 is 0 Å². The molecular weight excluding hydrogens is 184 g/mol. The molecule has 2 fully saturated rings. The average molecular weight is 210 g/mol. The maximum Gasteiger partial charge on any atom is 0.0111 e. The van der Waals surface area contributed by atoms with Gasteiger partial charge in [-0.3, -0.25) is 0 Å². The van der Waals surface area contributed by atoms with Gasteiger partial charge in [0.1, 0.15) is 0 Å². The van der Waals surface area contributed by atoms with Crippen molar-refractivity contribution in [2.45, 2.75) is 52.1 Å². The standard InChI is InChI=1S/C13H26N2/c1-9(2)10(3)7-14-8-11-6-12-4-5-13(11)15-12/h9-15H,4-8H2,1-3H3. The first kappa shape index (κ1) is 11.4. The smallest absolute Gasteiger partial charge is 0.0111 e. The molecule has 88 valence electrons. The van der Waals surface area contributed by atoms with Gasteiger partial charge in [-0.2, -0.15) is 0 Å². The Labute approximate surface area is 94.2 Å². The van der Waals surface area contributed by atoms with Gasteiger partial charge in [-0.1, -0.05) is 20.8 Å². The van der Waals surface area contributed by atoms with Crippen LogP contribution in [0.2, 0.25) is 0 Å². The normalized spacial score (nSPS) is 36.4. The Kier molecular flexibility index (Phi) is 3.68. The molecule has 0 aromatic carbocycles. The van der Waals surface area contributed by atoms with Crippen LogP contribution >= 0.6 is 0 Å². The van der Waals surface area contributed by atoms with Crippen LogP contribution in [0.3, 0.4) is 0 Å².